The van der Waals surface area contributed by atoms with E-state index >= 15 is 0 Å². The number of anilines is 3. The summed E-state index contributed by atoms with van der Waals surface area (Å²) >= 11 is 0. The van der Waals surface area contributed by atoms with Crippen molar-refractivity contribution in [2.24, 2.45) is 0 Å². The van der Waals surface area contributed by atoms with Crippen LogP contribution in [0, 0.1) is 0 Å². The number of hydrogen-bond donors (Lipinski definition) is 1. The number of nitrogens with one attached hydrogen (secondary N) is 1. The second kappa shape index (κ2) is 9.04. The third-order valence-electron chi connectivity index (χ3n) is 4.59. The van der Waals surface area contributed by atoms with Gasteiger partial charge in [0.05, 0.1) is 11.9 Å². The average Bonchev–Trinajstić information content (AvgIpc) is 2.73. The van der Waals surface area contributed by atoms with E-state index in [4.69, 9.17) is 0 Å². The highest BCUT2D eigenvalue weighted by molar-refractivity contribution is 6.03. The van der Waals surface area contributed by atoms with Gasteiger partial charge in [0.1, 0.15) is 5.69 Å². The van der Waals surface area contributed by atoms with E-state index in [0.717, 1.165) is 30.2 Å². The second-order valence-electron chi connectivity index (χ2n) is 6.80. The number of pyridine rings is 1. The van der Waals surface area contributed by atoms with Gasteiger partial charge in [-0.05, 0) is 48.9 Å². The topological polar surface area (TPSA) is 48.5 Å². The Labute approximate surface area is 166 Å². The summed E-state index contributed by atoms with van der Waals surface area (Å²) in [5.41, 5.74) is 4.47. The van der Waals surface area contributed by atoms with Gasteiger partial charge in [0.25, 0.3) is 5.91 Å². The summed E-state index contributed by atoms with van der Waals surface area (Å²) in [5.74, 6) is -0.213. The maximum Gasteiger partial charge on any atom is 0.274 e. The summed E-state index contributed by atoms with van der Waals surface area (Å²) in [7, 11) is 3.97. The predicted octanol–water partition coefficient (Wildman–Crippen LogP) is 4.43. The third-order valence-corrected chi connectivity index (χ3v) is 4.59. The zero-order chi connectivity index (χ0) is 19.9. The molecule has 1 N–H and O–H groups in total. The summed E-state index contributed by atoms with van der Waals surface area (Å²) in [5, 5.41) is 2.89. The summed E-state index contributed by atoms with van der Waals surface area (Å²) < 4.78 is 0. The minimum Gasteiger partial charge on any atom is -0.378 e. The zero-order valence-electron chi connectivity index (χ0n) is 16.6. The molecule has 5 nitrogen and oxygen atoms in total. The monoisotopic (exact) mass is 374 g/mol. The van der Waals surface area contributed by atoms with E-state index < -0.39 is 0 Å². The van der Waals surface area contributed by atoms with Crippen molar-refractivity contribution in [3.8, 4) is 0 Å². The van der Waals surface area contributed by atoms with Crippen LogP contribution in [0.2, 0.25) is 0 Å². The predicted molar refractivity (Wildman–Crippen MR) is 116 cm³/mol. The van der Waals surface area contributed by atoms with Crippen molar-refractivity contribution in [1.82, 2.24) is 4.98 Å². The van der Waals surface area contributed by atoms with Gasteiger partial charge < -0.3 is 15.1 Å². The molecular weight excluding hydrogens is 348 g/mol. The molecule has 0 saturated heterocycles. The SMILES string of the molecule is CCN(Cc1ccccc1)c1ccc(C(=O)Nc2ccc(N(C)C)cc2)nc1. The highest BCUT2D eigenvalue weighted by atomic mass is 16.1. The molecule has 28 heavy (non-hydrogen) atoms. The van der Waals surface area contributed by atoms with E-state index in [1.54, 1.807) is 12.3 Å². The minimum absolute atomic E-state index is 0.213. The van der Waals surface area contributed by atoms with E-state index in [-0.39, 0.29) is 5.91 Å². The lowest BCUT2D eigenvalue weighted by molar-refractivity contribution is 0.102. The van der Waals surface area contributed by atoms with Gasteiger partial charge in [-0.25, -0.2) is 4.98 Å². The molecule has 0 aliphatic rings. The smallest absolute Gasteiger partial charge is 0.274 e. The Balaban J connectivity index is 1.66. The zero-order valence-corrected chi connectivity index (χ0v) is 16.6. The van der Waals surface area contributed by atoms with Crippen molar-refractivity contribution in [1.29, 1.82) is 0 Å². The van der Waals surface area contributed by atoms with Crippen LogP contribution in [0.1, 0.15) is 23.0 Å². The molecule has 3 aromatic rings. The molecule has 1 aromatic heterocycles. The van der Waals surface area contributed by atoms with Crippen molar-refractivity contribution >= 4 is 23.0 Å². The highest BCUT2D eigenvalue weighted by Gasteiger charge is 2.10. The Morgan fingerprint density at radius 1 is 0.929 bits per heavy atom. The Hall–Kier alpha value is -3.34. The van der Waals surface area contributed by atoms with Gasteiger partial charge >= 0.3 is 0 Å². The molecule has 144 valence electrons. The van der Waals surface area contributed by atoms with E-state index in [0.29, 0.717) is 5.69 Å². The van der Waals surface area contributed by atoms with Crippen LogP contribution >= 0.6 is 0 Å². The molecule has 1 amide bonds. The lowest BCUT2D eigenvalue weighted by Gasteiger charge is -2.23. The minimum atomic E-state index is -0.213. The summed E-state index contributed by atoms with van der Waals surface area (Å²) in [4.78, 5) is 21.1. The third kappa shape index (κ3) is 4.88. The van der Waals surface area contributed by atoms with Crippen molar-refractivity contribution in [3.63, 3.8) is 0 Å². The molecule has 0 radical (unpaired) electrons. The van der Waals surface area contributed by atoms with Crippen LogP contribution < -0.4 is 15.1 Å². The van der Waals surface area contributed by atoms with Gasteiger partial charge in [-0.15, -0.1) is 0 Å². The number of carbonyl (C=O) groups excluding carboxylic acids is 1. The Morgan fingerprint density at radius 2 is 1.61 bits per heavy atom. The van der Waals surface area contributed by atoms with E-state index in [1.165, 1.54) is 5.56 Å². The van der Waals surface area contributed by atoms with Crippen LogP contribution in [-0.4, -0.2) is 31.5 Å². The second-order valence-corrected chi connectivity index (χ2v) is 6.80. The fourth-order valence-corrected chi connectivity index (χ4v) is 2.93. The summed E-state index contributed by atoms with van der Waals surface area (Å²) in [6, 6.07) is 21.8. The van der Waals surface area contributed by atoms with Gasteiger partial charge in [-0.1, -0.05) is 30.3 Å². The van der Waals surface area contributed by atoms with Gasteiger partial charge in [0.15, 0.2) is 0 Å². The first-order chi connectivity index (χ1) is 13.6. The first-order valence-electron chi connectivity index (χ1n) is 9.40. The Bertz CT molecular complexity index is 890. The van der Waals surface area contributed by atoms with E-state index in [1.807, 2.05) is 67.5 Å². The molecule has 3 rings (SSSR count). The standard InChI is InChI=1S/C23H26N4O/c1-4-27(17-18-8-6-5-7-9-18)21-14-15-22(24-16-21)23(28)25-19-10-12-20(13-11-19)26(2)3/h5-16H,4,17H2,1-3H3,(H,25,28). The maximum atomic E-state index is 12.5. The maximum absolute atomic E-state index is 12.5. The van der Waals surface area contributed by atoms with Crippen LogP contribution in [0.4, 0.5) is 17.1 Å². The highest BCUT2D eigenvalue weighted by Crippen LogP contribution is 2.18. The molecular formula is C23H26N4O. The first kappa shape index (κ1) is 19.4. The normalized spacial score (nSPS) is 10.4. The first-order valence-corrected chi connectivity index (χ1v) is 9.40. The fourth-order valence-electron chi connectivity index (χ4n) is 2.93. The largest absolute Gasteiger partial charge is 0.378 e. The average molecular weight is 374 g/mol. The van der Waals surface area contributed by atoms with Crippen LogP contribution in [0.15, 0.2) is 72.9 Å². The fraction of sp³-hybridized carbons (Fsp3) is 0.217. The molecule has 0 atom stereocenters. The number of benzene rings is 2. The molecule has 0 aliphatic carbocycles. The number of carbonyl (C=O) groups is 1. The van der Waals surface area contributed by atoms with Gasteiger partial charge in [-0.2, -0.15) is 0 Å². The molecule has 0 fully saturated rings. The Kier molecular flexibility index (Phi) is 6.27. The molecule has 0 aliphatic heterocycles. The molecule has 0 unspecified atom stereocenters. The van der Waals surface area contributed by atoms with Crippen LogP contribution in [-0.2, 0) is 6.54 Å². The van der Waals surface area contributed by atoms with Crippen molar-refractivity contribution in [3.05, 3.63) is 84.2 Å². The molecule has 0 bridgehead atoms. The number of aromatic nitrogens is 1. The lowest BCUT2D eigenvalue weighted by Crippen LogP contribution is -2.22. The molecule has 1 heterocycles. The number of hydrogen-bond acceptors (Lipinski definition) is 4. The van der Waals surface area contributed by atoms with Gasteiger partial charge in [0, 0.05) is 38.6 Å². The summed E-state index contributed by atoms with van der Waals surface area (Å²) in [6.45, 7) is 3.78. The van der Waals surface area contributed by atoms with Crippen LogP contribution in [0.5, 0.6) is 0 Å². The number of nitrogens with zero attached hydrogens (tertiary/aromatic N) is 3. The lowest BCUT2D eigenvalue weighted by atomic mass is 10.2. The summed E-state index contributed by atoms with van der Waals surface area (Å²) in [6.07, 6.45) is 1.76. The molecule has 2 aromatic carbocycles. The number of rotatable bonds is 7. The van der Waals surface area contributed by atoms with E-state index in [2.05, 4.69) is 34.3 Å². The van der Waals surface area contributed by atoms with Crippen LogP contribution in [0.25, 0.3) is 0 Å². The van der Waals surface area contributed by atoms with Crippen LogP contribution in [0.3, 0.4) is 0 Å². The van der Waals surface area contributed by atoms with Gasteiger partial charge in [0.2, 0.25) is 0 Å². The van der Waals surface area contributed by atoms with Crippen molar-refractivity contribution in [2.45, 2.75) is 13.5 Å². The number of amides is 1. The van der Waals surface area contributed by atoms with E-state index in [9.17, 15) is 4.79 Å². The van der Waals surface area contributed by atoms with Crippen molar-refractivity contribution < 1.29 is 4.79 Å². The van der Waals surface area contributed by atoms with Crippen molar-refractivity contribution in [2.75, 3.05) is 35.8 Å². The molecule has 5 heteroatoms. The molecule has 0 spiro atoms. The van der Waals surface area contributed by atoms with Gasteiger partial charge in [-0.3, -0.25) is 4.79 Å². The quantitative estimate of drug-likeness (QED) is 0.665. The Morgan fingerprint density at radius 3 is 2.18 bits per heavy atom. The molecule has 0 saturated carbocycles.